The lowest BCUT2D eigenvalue weighted by Crippen LogP contribution is -2.34. The SMILES string of the molecule is CC(C)(C)OC=O.NC(=S)C1CCNCC1. The predicted molar refractivity (Wildman–Crippen MR) is 69.3 cm³/mol. The number of rotatable bonds is 2. The second-order valence-electron chi connectivity index (χ2n) is 4.75. The molecule has 4 nitrogen and oxygen atoms in total. The molecule has 0 aromatic heterocycles. The van der Waals surface area contributed by atoms with Crippen LogP contribution in [-0.2, 0) is 9.53 Å². The van der Waals surface area contributed by atoms with E-state index in [0.29, 0.717) is 17.4 Å². The molecule has 1 rings (SSSR count). The molecule has 0 atom stereocenters. The first-order valence-electron chi connectivity index (χ1n) is 5.48. The number of ether oxygens (including phenoxy) is 1. The van der Waals surface area contributed by atoms with Gasteiger partial charge in [-0.3, -0.25) is 4.79 Å². The van der Waals surface area contributed by atoms with Crippen LogP contribution in [0.5, 0.6) is 0 Å². The van der Waals surface area contributed by atoms with E-state index in [1.165, 1.54) is 0 Å². The van der Waals surface area contributed by atoms with Crippen molar-refractivity contribution in [3.8, 4) is 0 Å². The molecule has 3 N–H and O–H groups in total. The molecule has 0 aromatic rings. The van der Waals surface area contributed by atoms with Gasteiger partial charge in [-0.15, -0.1) is 0 Å². The quantitative estimate of drug-likeness (QED) is 0.567. The van der Waals surface area contributed by atoms with E-state index in [4.69, 9.17) is 18.0 Å². The Bertz CT molecular complexity index is 221. The van der Waals surface area contributed by atoms with E-state index in [0.717, 1.165) is 25.9 Å². The van der Waals surface area contributed by atoms with Crippen LogP contribution in [0.1, 0.15) is 33.6 Å². The summed E-state index contributed by atoms with van der Waals surface area (Å²) in [7, 11) is 0. The summed E-state index contributed by atoms with van der Waals surface area (Å²) in [4.78, 5) is 10.3. The number of nitrogens with one attached hydrogen (secondary N) is 1. The Kier molecular flexibility index (Phi) is 7.25. The average Bonchev–Trinajstić information content (AvgIpc) is 2.18. The van der Waals surface area contributed by atoms with Gasteiger partial charge >= 0.3 is 0 Å². The minimum atomic E-state index is -0.318. The molecule has 1 saturated heterocycles. The van der Waals surface area contributed by atoms with Crippen molar-refractivity contribution in [2.45, 2.75) is 39.2 Å². The molecule has 0 aromatic carbocycles. The molecule has 0 radical (unpaired) electrons. The maximum atomic E-state index is 9.60. The average molecular weight is 246 g/mol. The molecule has 1 fully saturated rings. The van der Waals surface area contributed by atoms with E-state index < -0.39 is 0 Å². The Morgan fingerprint density at radius 3 is 2.12 bits per heavy atom. The van der Waals surface area contributed by atoms with E-state index in [1.54, 1.807) is 0 Å². The van der Waals surface area contributed by atoms with Crippen LogP contribution in [0, 0.1) is 5.92 Å². The summed E-state index contributed by atoms with van der Waals surface area (Å²) >= 11 is 4.87. The summed E-state index contributed by atoms with van der Waals surface area (Å²) in [5.74, 6) is 0.501. The van der Waals surface area contributed by atoms with Gasteiger partial charge in [0, 0.05) is 5.92 Å². The zero-order chi connectivity index (χ0) is 12.6. The Labute approximate surface area is 103 Å². The molecule has 1 aliphatic rings. The van der Waals surface area contributed by atoms with E-state index in [9.17, 15) is 4.79 Å². The Morgan fingerprint density at radius 2 is 1.94 bits per heavy atom. The van der Waals surface area contributed by atoms with Gasteiger partial charge in [-0.2, -0.15) is 0 Å². The van der Waals surface area contributed by atoms with Crippen molar-refractivity contribution in [3.05, 3.63) is 0 Å². The zero-order valence-electron chi connectivity index (χ0n) is 10.3. The van der Waals surface area contributed by atoms with Crippen LogP contribution >= 0.6 is 12.2 Å². The second-order valence-corrected chi connectivity index (χ2v) is 5.22. The Morgan fingerprint density at radius 1 is 1.44 bits per heavy atom. The number of hydrogen-bond donors (Lipinski definition) is 2. The summed E-state index contributed by atoms with van der Waals surface area (Å²) in [6, 6.07) is 0. The summed E-state index contributed by atoms with van der Waals surface area (Å²) in [6.07, 6.45) is 2.24. The van der Waals surface area contributed by atoms with Crippen molar-refractivity contribution < 1.29 is 9.53 Å². The van der Waals surface area contributed by atoms with Crippen molar-refractivity contribution in [3.63, 3.8) is 0 Å². The number of piperidine rings is 1. The van der Waals surface area contributed by atoms with Gasteiger partial charge in [-0.25, -0.2) is 0 Å². The highest BCUT2D eigenvalue weighted by Crippen LogP contribution is 2.10. The van der Waals surface area contributed by atoms with Gasteiger partial charge in [0.05, 0.1) is 4.99 Å². The molecule has 0 amide bonds. The van der Waals surface area contributed by atoms with Gasteiger partial charge in [0.15, 0.2) is 0 Å². The largest absolute Gasteiger partial charge is 0.462 e. The van der Waals surface area contributed by atoms with E-state index in [-0.39, 0.29) is 5.60 Å². The van der Waals surface area contributed by atoms with Gasteiger partial charge in [-0.1, -0.05) is 12.2 Å². The predicted octanol–water partition coefficient (Wildman–Crippen LogP) is 1.23. The normalized spacial score (nSPS) is 16.9. The van der Waals surface area contributed by atoms with Crippen LogP contribution in [0.3, 0.4) is 0 Å². The minimum absolute atomic E-state index is 0.318. The molecule has 16 heavy (non-hydrogen) atoms. The van der Waals surface area contributed by atoms with E-state index in [2.05, 4.69) is 10.1 Å². The van der Waals surface area contributed by atoms with Gasteiger partial charge < -0.3 is 15.8 Å². The number of thiocarbonyl (C=S) groups is 1. The molecule has 0 unspecified atom stereocenters. The third-order valence-electron chi connectivity index (χ3n) is 2.14. The minimum Gasteiger partial charge on any atom is -0.462 e. The molecule has 94 valence electrons. The molecule has 0 spiro atoms. The maximum Gasteiger partial charge on any atom is 0.293 e. The standard InChI is InChI=1S/C6H12N2S.C5H10O2/c7-6(9)5-1-3-8-4-2-5;1-5(2,3)7-4-6/h5,8H,1-4H2,(H2,7,9);4H,1-3H3. The molecule has 1 heterocycles. The number of carbonyl (C=O) groups excluding carboxylic acids is 1. The fraction of sp³-hybridized carbons (Fsp3) is 0.818. The highest BCUT2D eigenvalue weighted by molar-refractivity contribution is 7.80. The number of hydrogen-bond acceptors (Lipinski definition) is 4. The lowest BCUT2D eigenvalue weighted by atomic mass is 9.99. The zero-order valence-corrected chi connectivity index (χ0v) is 11.1. The molecular weight excluding hydrogens is 224 g/mol. The molecular formula is C11H22N2O2S. The first kappa shape index (κ1) is 15.3. The highest BCUT2D eigenvalue weighted by atomic mass is 32.1. The lowest BCUT2D eigenvalue weighted by Gasteiger charge is -2.20. The second kappa shape index (κ2) is 7.57. The summed E-state index contributed by atoms with van der Waals surface area (Å²) in [5.41, 5.74) is 5.15. The van der Waals surface area contributed by atoms with Crippen LogP contribution in [0.4, 0.5) is 0 Å². The summed E-state index contributed by atoms with van der Waals surface area (Å²) < 4.78 is 4.55. The van der Waals surface area contributed by atoms with Crippen LogP contribution < -0.4 is 11.1 Å². The van der Waals surface area contributed by atoms with Crippen molar-refractivity contribution in [1.82, 2.24) is 5.32 Å². The maximum absolute atomic E-state index is 9.60. The Balaban J connectivity index is 0.000000293. The van der Waals surface area contributed by atoms with Gasteiger partial charge in [0.25, 0.3) is 6.47 Å². The first-order chi connectivity index (χ1) is 7.37. The van der Waals surface area contributed by atoms with Gasteiger partial charge in [0.1, 0.15) is 5.60 Å². The first-order valence-corrected chi connectivity index (χ1v) is 5.89. The third-order valence-corrected chi connectivity index (χ3v) is 2.48. The van der Waals surface area contributed by atoms with Crippen LogP contribution in [0.2, 0.25) is 0 Å². The molecule has 5 heteroatoms. The number of nitrogens with two attached hydrogens (primary N) is 1. The highest BCUT2D eigenvalue weighted by Gasteiger charge is 2.14. The molecule has 0 aliphatic carbocycles. The monoisotopic (exact) mass is 246 g/mol. The van der Waals surface area contributed by atoms with Crippen molar-refractivity contribution in [2.75, 3.05) is 13.1 Å². The van der Waals surface area contributed by atoms with Crippen LogP contribution in [-0.4, -0.2) is 30.2 Å². The van der Waals surface area contributed by atoms with Crippen molar-refractivity contribution in [2.24, 2.45) is 11.7 Å². The van der Waals surface area contributed by atoms with E-state index in [1.807, 2.05) is 20.8 Å². The van der Waals surface area contributed by atoms with Crippen molar-refractivity contribution in [1.29, 1.82) is 0 Å². The topological polar surface area (TPSA) is 64.3 Å². The molecule has 0 saturated carbocycles. The smallest absolute Gasteiger partial charge is 0.293 e. The molecule has 1 aliphatic heterocycles. The summed E-state index contributed by atoms with van der Waals surface area (Å²) in [5, 5.41) is 3.25. The van der Waals surface area contributed by atoms with Crippen LogP contribution in [0.15, 0.2) is 0 Å². The number of carbonyl (C=O) groups is 1. The van der Waals surface area contributed by atoms with Crippen molar-refractivity contribution >= 4 is 23.7 Å². The van der Waals surface area contributed by atoms with E-state index >= 15 is 0 Å². The van der Waals surface area contributed by atoms with Gasteiger partial charge in [-0.05, 0) is 46.7 Å². The third kappa shape index (κ3) is 8.61. The lowest BCUT2D eigenvalue weighted by molar-refractivity contribution is -0.138. The van der Waals surface area contributed by atoms with Gasteiger partial charge in [0.2, 0.25) is 0 Å². The Hall–Kier alpha value is -0.680. The fourth-order valence-electron chi connectivity index (χ4n) is 1.25. The van der Waals surface area contributed by atoms with Crippen LogP contribution in [0.25, 0.3) is 0 Å². The summed E-state index contributed by atoms with van der Waals surface area (Å²) in [6.45, 7) is 8.06. The molecule has 0 bridgehead atoms. The fourth-order valence-corrected chi connectivity index (χ4v) is 1.49.